The Labute approximate surface area is 157 Å². The highest BCUT2D eigenvalue weighted by Gasteiger charge is 2.35. The van der Waals surface area contributed by atoms with Crippen LogP contribution in [0.5, 0.6) is 0 Å². The summed E-state index contributed by atoms with van der Waals surface area (Å²) in [5.41, 5.74) is 0.0435. The summed E-state index contributed by atoms with van der Waals surface area (Å²) in [6, 6.07) is 5.14. The Balaban J connectivity index is 1.38. The lowest BCUT2D eigenvalue weighted by Crippen LogP contribution is -2.51. The number of hydrogen-bond acceptors (Lipinski definition) is 6. The number of nitrogens with zero attached hydrogens (tertiary/aromatic N) is 2. The Morgan fingerprint density at radius 2 is 2.19 bits per heavy atom. The van der Waals surface area contributed by atoms with Crippen LogP contribution < -0.4 is 5.32 Å². The van der Waals surface area contributed by atoms with E-state index in [9.17, 15) is 18.4 Å². The summed E-state index contributed by atoms with van der Waals surface area (Å²) in [7, 11) is 0. The number of aromatic nitrogens is 1. The van der Waals surface area contributed by atoms with E-state index in [1.807, 2.05) is 17.5 Å². The van der Waals surface area contributed by atoms with Crippen molar-refractivity contribution in [3.8, 4) is 10.6 Å². The van der Waals surface area contributed by atoms with Gasteiger partial charge in [0.1, 0.15) is 0 Å². The van der Waals surface area contributed by atoms with Crippen LogP contribution in [0.2, 0.25) is 0 Å². The predicted octanol–water partition coefficient (Wildman–Crippen LogP) is 2.56. The molecule has 1 fully saturated rings. The van der Waals surface area contributed by atoms with Crippen molar-refractivity contribution in [1.29, 1.82) is 0 Å². The zero-order valence-electron chi connectivity index (χ0n) is 14.4. The molecule has 0 saturated carbocycles. The monoisotopic (exact) mass is 399 g/mol. The number of carboxylic acid groups (broad SMARTS) is 1. The molecule has 1 aliphatic heterocycles. The minimum Gasteiger partial charge on any atom is -0.481 e. The first-order valence-electron chi connectivity index (χ1n) is 8.46. The van der Waals surface area contributed by atoms with E-state index in [4.69, 9.17) is 9.63 Å². The fourth-order valence-electron chi connectivity index (χ4n) is 2.72. The summed E-state index contributed by atoms with van der Waals surface area (Å²) in [5, 5.41) is 16.7. The van der Waals surface area contributed by atoms with E-state index < -0.39 is 30.1 Å². The highest BCUT2D eigenvalue weighted by atomic mass is 32.1. The van der Waals surface area contributed by atoms with Gasteiger partial charge in [0.05, 0.1) is 10.8 Å². The van der Waals surface area contributed by atoms with Gasteiger partial charge in [0.25, 0.3) is 11.8 Å². The van der Waals surface area contributed by atoms with Crippen molar-refractivity contribution in [2.24, 2.45) is 5.92 Å². The molecule has 0 bridgehead atoms. The number of nitrogens with one attached hydrogen (secondary N) is 1. The van der Waals surface area contributed by atoms with Crippen LogP contribution in [0, 0.1) is 5.92 Å². The van der Waals surface area contributed by atoms with E-state index >= 15 is 0 Å². The normalized spacial score (nSPS) is 15.5. The molecule has 146 valence electrons. The zero-order valence-corrected chi connectivity index (χ0v) is 15.2. The number of hydrogen-bond donors (Lipinski definition) is 2. The maximum atomic E-state index is 13.9. The minimum absolute atomic E-state index is 0.0435. The summed E-state index contributed by atoms with van der Waals surface area (Å²) >= 11 is 1.44. The third-order valence-electron chi connectivity index (χ3n) is 4.38. The Hall–Kier alpha value is -2.33. The van der Waals surface area contributed by atoms with Crippen LogP contribution >= 0.6 is 11.3 Å². The fourth-order valence-corrected chi connectivity index (χ4v) is 3.40. The number of amides is 1. The second-order valence-corrected chi connectivity index (χ2v) is 7.41. The average Bonchev–Trinajstić information content (AvgIpc) is 3.24. The summed E-state index contributed by atoms with van der Waals surface area (Å²) in [4.78, 5) is 25.2. The SMILES string of the molecule is O=C(NCCC(F)(F)CCN1CC(C(=O)O)C1)c1cc(-c2cccs2)on1. The number of carbonyl (C=O) groups excluding carboxylic acids is 1. The van der Waals surface area contributed by atoms with Crippen molar-refractivity contribution >= 4 is 23.2 Å². The molecule has 0 unspecified atom stereocenters. The first kappa shape index (κ1) is 19.4. The van der Waals surface area contributed by atoms with E-state index in [2.05, 4.69) is 10.5 Å². The first-order chi connectivity index (χ1) is 12.8. The van der Waals surface area contributed by atoms with Gasteiger partial charge in [0, 0.05) is 45.1 Å². The molecule has 0 atom stereocenters. The lowest BCUT2D eigenvalue weighted by atomic mass is 9.99. The van der Waals surface area contributed by atoms with Gasteiger partial charge >= 0.3 is 5.97 Å². The van der Waals surface area contributed by atoms with Crippen molar-refractivity contribution < 1.29 is 28.0 Å². The molecule has 2 aromatic heterocycles. The lowest BCUT2D eigenvalue weighted by Gasteiger charge is -2.37. The Morgan fingerprint density at radius 3 is 2.85 bits per heavy atom. The van der Waals surface area contributed by atoms with Gasteiger partial charge in [0.2, 0.25) is 0 Å². The molecule has 0 radical (unpaired) electrons. The Morgan fingerprint density at radius 1 is 1.41 bits per heavy atom. The van der Waals surface area contributed by atoms with E-state index in [1.54, 1.807) is 4.90 Å². The highest BCUT2D eigenvalue weighted by Crippen LogP contribution is 2.26. The van der Waals surface area contributed by atoms with Gasteiger partial charge in [-0.15, -0.1) is 11.3 Å². The predicted molar refractivity (Wildman–Crippen MR) is 93.9 cm³/mol. The molecule has 1 amide bonds. The number of carbonyl (C=O) groups is 2. The molecule has 0 aliphatic carbocycles. The number of aliphatic carboxylic acids is 1. The van der Waals surface area contributed by atoms with Crippen LogP contribution in [0.4, 0.5) is 8.78 Å². The van der Waals surface area contributed by atoms with E-state index in [1.165, 1.54) is 17.4 Å². The molecule has 2 aromatic rings. The van der Waals surface area contributed by atoms with Crippen LogP contribution in [-0.4, -0.2) is 59.1 Å². The molecule has 7 nitrogen and oxygen atoms in total. The molecule has 1 aliphatic rings. The van der Waals surface area contributed by atoms with Crippen LogP contribution in [0.1, 0.15) is 23.3 Å². The molecule has 10 heteroatoms. The fraction of sp³-hybridized carbons (Fsp3) is 0.471. The molecule has 27 heavy (non-hydrogen) atoms. The molecule has 3 heterocycles. The molecule has 3 rings (SSSR count). The standard InChI is InChI=1S/C17H19F2N3O4S/c18-17(19,4-6-22-9-11(10-22)16(24)25)3-5-20-15(23)12-8-13(26-21-12)14-2-1-7-27-14/h1-2,7-8,11H,3-6,9-10H2,(H,20,23)(H,24,25). The van der Waals surface area contributed by atoms with Crippen molar-refractivity contribution in [1.82, 2.24) is 15.4 Å². The van der Waals surface area contributed by atoms with E-state index in [0.29, 0.717) is 18.8 Å². The second kappa shape index (κ2) is 8.13. The van der Waals surface area contributed by atoms with Gasteiger partial charge in [-0.25, -0.2) is 8.78 Å². The minimum atomic E-state index is -2.94. The third kappa shape index (κ3) is 5.10. The van der Waals surface area contributed by atoms with Gasteiger partial charge < -0.3 is 19.8 Å². The quantitative estimate of drug-likeness (QED) is 0.673. The maximum Gasteiger partial charge on any atom is 0.309 e. The number of carboxylic acids is 1. The largest absolute Gasteiger partial charge is 0.481 e. The average molecular weight is 399 g/mol. The number of likely N-dealkylation sites (tertiary alicyclic amines) is 1. The molecule has 2 N–H and O–H groups in total. The van der Waals surface area contributed by atoms with Gasteiger partial charge in [0.15, 0.2) is 11.5 Å². The number of alkyl halides is 2. The zero-order chi connectivity index (χ0) is 19.4. The van der Waals surface area contributed by atoms with Crippen LogP contribution in [0.25, 0.3) is 10.6 Å². The number of halogens is 2. The first-order valence-corrected chi connectivity index (χ1v) is 9.34. The van der Waals surface area contributed by atoms with Crippen molar-refractivity contribution in [3.63, 3.8) is 0 Å². The lowest BCUT2D eigenvalue weighted by molar-refractivity contribution is -0.147. The molecular weight excluding hydrogens is 380 g/mol. The van der Waals surface area contributed by atoms with Crippen molar-refractivity contribution in [2.75, 3.05) is 26.2 Å². The molecule has 0 aromatic carbocycles. The van der Waals surface area contributed by atoms with Crippen LogP contribution in [0.15, 0.2) is 28.1 Å². The van der Waals surface area contributed by atoms with Crippen molar-refractivity contribution in [3.05, 3.63) is 29.3 Å². The Bertz CT molecular complexity index is 788. The smallest absolute Gasteiger partial charge is 0.309 e. The summed E-state index contributed by atoms with van der Waals surface area (Å²) in [6.07, 6.45) is -0.869. The van der Waals surface area contributed by atoms with E-state index in [0.717, 1.165) is 4.88 Å². The topological polar surface area (TPSA) is 95.7 Å². The van der Waals surface area contributed by atoms with Gasteiger partial charge in [-0.05, 0) is 11.4 Å². The van der Waals surface area contributed by atoms with Crippen molar-refractivity contribution in [2.45, 2.75) is 18.8 Å². The van der Waals surface area contributed by atoms with Gasteiger partial charge in [-0.3, -0.25) is 9.59 Å². The van der Waals surface area contributed by atoms with E-state index in [-0.39, 0.29) is 25.2 Å². The Kier molecular flexibility index (Phi) is 5.85. The summed E-state index contributed by atoms with van der Waals surface area (Å²) in [5.74, 6) is -4.40. The number of rotatable bonds is 9. The van der Waals surface area contributed by atoms with Crippen LogP contribution in [-0.2, 0) is 4.79 Å². The third-order valence-corrected chi connectivity index (χ3v) is 5.27. The highest BCUT2D eigenvalue weighted by molar-refractivity contribution is 7.13. The van der Waals surface area contributed by atoms with Gasteiger partial charge in [-0.1, -0.05) is 11.2 Å². The second-order valence-electron chi connectivity index (χ2n) is 6.46. The van der Waals surface area contributed by atoms with Gasteiger partial charge in [-0.2, -0.15) is 0 Å². The maximum absolute atomic E-state index is 13.9. The molecule has 0 spiro atoms. The molecular formula is C17H19F2N3O4S. The van der Waals surface area contributed by atoms with Crippen LogP contribution in [0.3, 0.4) is 0 Å². The number of thiophene rings is 1. The summed E-state index contributed by atoms with van der Waals surface area (Å²) in [6.45, 7) is 0.560. The molecule has 1 saturated heterocycles. The summed E-state index contributed by atoms with van der Waals surface area (Å²) < 4.78 is 32.9.